The van der Waals surface area contributed by atoms with Crippen LogP contribution in [0.3, 0.4) is 0 Å². The lowest BCUT2D eigenvalue weighted by atomic mass is 9.44. The molecule has 0 aromatic rings. The number of aliphatic hydroxyl groups is 1. The van der Waals surface area contributed by atoms with Gasteiger partial charge in [-0.15, -0.1) is 0 Å². The fourth-order valence-corrected chi connectivity index (χ4v) is 4.10. The van der Waals surface area contributed by atoms with E-state index >= 15 is 0 Å². The van der Waals surface area contributed by atoms with Crippen LogP contribution in [0.1, 0.15) is 39.0 Å². The second-order valence-corrected chi connectivity index (χ2v) is 5.66. The first-order chi connectivity index (χ1) is 6.57. The Balaban J connectivity index is 2.07. The van der Waals surface area contributed by atoms with Gasteiger partial charge in [0, 0.05) is 0 Å². The molecule has 1 N–H and O–H groups in total. The molecule has 3 atom stereocenters. The summed E-state index contributed by atoms with van der Waals surface area (Å²) in [5.74, 6) is 2.68. The largest absolute Gasteiger partial charge is 0.388 e. The van der Waals surface area contributed by atoms with Crippen molar-refractivity contribution in [3.05, 3.63) is 5.92 Å². The van der Waals surface area contributed by atoms with Crippen LogP contribution in [0.5, 0.6) is 0 Å². The fraction of sp³-hybridized carbons (Fsp3) is 0.833. The average molecular weight is 190 g/mol. The molecule has 0 aromatic carbocycles. The summed E-state index contributed by atoms with van der Waals surface area (Å²) in [4.78, 5) is 0. The summed E-state index contributed by atoms with van der Waals surface area (Å²) in [5.41, 5.74) is -1.23. The molecule has 14 heavy (non-hydrogen) atoms. The van der Waals surface area contributed by atoms with E-state index in [1.807, 2.05) is 6.92 Å². The Kier molecular flexibility index (Phi) is 1.46. The van der Waals surface area contributed by atoms with E-state index in [9.17, 15) is 10.4 Å². The molecule has 0 heterocycles. The first-order valence-corrected chi connectivity index (χ1v) is 5.56. The van der Waals surface area contributed by atoms with Crippen LogP contribution >= 0.6 is 0 Å². The molecule has 4 aliphatic carbocycles. The van der Waals surface area contributed by atoms with Gasteiger partial charge >= 0.3 is 0 Å². The van der Waals surface area contributed by atoms with Gasteiger partial charge in [-0.1, -0.05) is 0 Å². The number of nitriles is 1. The molecule has 2 nitrogen and oxygen atoms in total. The maximum atomic E-state index is 10.6. The maximum absolute atomic E-state index is 10.6. The third kappa shape index (κ3) is 0.803. The van der Waals surface area contributed by atoms with Gasteiger partial charge in [0.25, 0.3) is 0 Å². The van der Waals surface area contributed by atoms with Crippen molar-refractivity contribution in [2.24, 2.45) is 17.3 Å². The molecule has 4 fully saturated rings. The van der Waals surface area contributed by atoms with Gasteiger partial charge in [0.15, 0.2) is 0 Å². The van der Waals surface area contributed by atoms with Crippen LogP contribution in [0.15, 0.2) is 0 Å². The Morgan fingerprint density at radius 2 is 1.93 bits per heavy atom. The van der Waals surface area contributed by atoms with E-state index in [0.29, 0.717) is 11.8 Å². The van der Waals surface area contributed by atoms with Crippen molar-refractivity contribution in [1.82, 2.24) is 0 Å². The number of hydrogen-bond donors (Lipinski definition) is 1. The fourth-order valence-electron chi connectivity index (χ4n) is 4.10. The van der Waals surface area contributed by atoms with E-state index in [4.69, 9.17) is 0 Å². The quantitative estimate of drug-likeness (QED) is 0.635. The highest BCUT2D eigenvalue weighted by molar-refractivity contribution is 5.32. The number of nitrogens with zero attached hydrogens (tertiary/aromatic N) is 1. The van der Waals surface area contributed by atoms with Crippen molar-refractivity contribution >= 4 is 0 Å². The number of hydrogen-bond acceptors (Lipinski definition) is 2. The normalized spacial score (nSPS) is 56.1. The van der Waals surface area contributed by atoms with E-state index < -0.39 is 11.0 Å². The maximum Gasteiger partial charge on any atom is 0.0894 e. The molecule has 4 aliphatic rings. The van der Waals surface area contributed by atoms with Gasteiger partial charge in [0.1, 0.15) is 0 Å². The van der Waals surface area contributed by atoms with E-state index in [-0.39, 0.29) is 0 Å². The predicted molar refractivity (Wildman–Crippen MR) is 52.0 cm³/mol. The molecule has 0 saturated heterocycles. The van der Waals surface area contributed by atoms with Crippen LogP contribution in [-0.4, -0.2) is 10.7 Å². The minimum absolute atomic E-state index is 0.541. The molecular formula is C12H16NO. The van der Waals surface area contributed by atoms with Gasteiger partial charge in [-0.25, -0.2) is 0 Å². The molecule has 4 saturated carbocycles. The van der Waals surface area contributed by atoms with Gasteiger partial charge in [-0.05, 0) is 56.8 Å². The lowest BCUT2D eigenvalue weighted by Crippen LogP contribution is -2.61. The lowest BCUT2D eigenvalue weighted by molar-refractivity contribution is -0.149. The summed E-state index contributed by atoms with van der Waals surface area (Å²) in [6.07, 6.45) is 5.20. The van der Waals surface area contributed by atoms with Crippen LogP contribution < -0.4 is 0 Å². The average Bonchev–Trinajstić information content (AvgIpc) is 2.12. The summed E-state index contributed by atoms with van der Waals surface area (Å²) >= 11 is 0. The molecule has 0 spiro atoms. The first kappa shape index (κ1) is 8.73. The topological polar surface area (TPSA) is 44.0 Å². The molecule has 4 rings (SSSR count). The third-order valence-corrected chi connectivity index (χ3v) is 4.85. The minimum Gasteiger partial charge on any atom is -0.388 e. The minimum atomic E-state index is -0.693. The van der Waals surface area contributed by atoms with Crippen molar-refractivity contribution in [1.29, 1.82) is 5.26 Å². The molecule has 75 valence electrons. The van der Waals surface area contributed by atoms with Crippen molar-refractivity contribution in [3.63, 3.8) is 0 Å². The van der Waals surface area contributed by atoms with Crippen LogP contribution in [0.2, 0.25) is 0 Å². The third-order valence-electron chi connectivity index (χ3n) is 4.85. The van der Waals surface area contributed by atoms with Crippen LogP contribution in [0.4, 0.5) is 0 Å². The molecular weight excluding hydrogens is 174 g/mol. The predicted octanol–water partition coefficient (Wildman–Crippen LogP) is 2.05. The highest BCUT2D eigenvalue weighted by Gasteiger charge is 2.63. The first-order valence-electron chi connectivity index (χ1n) is 5.56. The van der Waals surface area contributed by atoms with Gasteiger partial charge in [-0.3, -0.25) is 0 Å². The molecule has 0 aromatic heterocycles. The Hall–Kier alpha value is -0.550. The van der Waals surface area contributed by atoms with Crippen LogP contribution in [0, 0.1) is 34.5 Å². The Morgan fingerprint density at radius 3 is 2.36 bits per heavy atom. The number of rotatable bonds is 0. The molecule has 0 amide bonds. The molecule has 2 heteroatoms. The van der Waals surface area contributed by atoms with Crippen molar-refractivity contribution < 1.29 is 5.11 Å². The zero-order valence-electron chi connectivity index (χ0n) is 8.58. The Bertz CT molecular complexity index is 305. The summed E-state index contributed by atoms with van der Waals surface area (Å²) in [6.45, 7) is 1.94. The van der Waals surface area contributed by atoms with Crippen molar-refractivity contribution in [2.75, 3.05) is 0 Å². The van der Waals surface area contributed by atoms with Gasteiger partial charge in [0.2, 0.25) is 0 Å². The summed E-state index contributed by atoms with van der Waals surface area (Å²) in [5, 5.41) is 19.9. The Morgan fingerprint density at radius 1 is 1.36 bits per heavy atom. The van der Waals surface area contributed by atoms with Gasteiger partial charge < -0.3 is 5.11 Å². The molecule has 0 aliphatic heterocycles. The Labute approximate surface area is 84.9 Å². The van der Waals surface area contributed by atoms with E-state index in [1.54, 1.807) is 0 Å². The van der Waals surface area contributed by atoms with E-state index in [0.717, 1.165) is 25.7 Å². The van der Waals surface area contributed by atoms with Gasteiger partial charge in [-0.2, -0.15) is 5.26 Å². The molecule has 3 unspecified atom stereocenters. The van der Waals surface area contributed by atoms with Crippen LogP contribution in [-0.2, 0) is 0 Å². The zero-order valence-corrected chi connectivity index (χ0v) is 8.58. The van der Waals surface area contributed by atoms with E-state index in [2.05, 4.69) is 6.07 Å². The van der Waals surface area contributed by atoms with Crippen molar-refractivity contribution in [3.8, 4) is 6.07 Å². The van der Waals surface area contributed by atoms with E-state index in [1.165, 1.54) is 12.3 Å². The van der Waals surface area contributed by atoms with Gasteiger partial charge in [0.05, 0.1) is 17.1 Å². The second kappa shape index (κ2) is 2.33. The molecule has 1 radical (unpaired) electrons. The summed E-state index contributed by atoms with van der Waals surface area (Å²) in [6, 6.07) is 2.38. The van der Waals surface area contributed by atoms with Crippen LogP contribution in [0.25, 0.3) is 0 Å². The lowest BCUT2D eigenvalue weighted by Gasteiger charge is -2.61. The van der Waals surface area contributed by atoms with Crippen molar-refractivity contribution in [2.45, 2.75) is 44.6 Å². The second-order valence-electron chi connectivity index (χ2n) is 5.66. The standard InChI is InChI=1S/C12H16NO/c1-11(7-13)10-3-8-2-9(4-10)6-12(11,14)5-8/h8-9,14H,2-6H2,1H3. The summed E-state index contributed by atoms with van der Waals surface area (Å²) in [7, 11) is 0. The molecule has 4 bridgehead atoms. The smallest absolute Gasteiger partial charge is 0.0894 e. The highest BCUT2D eigenvalue weighted by atomic mass is 16.3. The summed E-state index contributed by atoms with van der Waals surface area (Å²) < 4.78 is 0. The zero-order chi connectivity index (χ0) is 9.97. The highest BCUT2D eigenvalue weighted by Crippen LogP contribution is 2.64. The monoisotopic (exact) mass is 190 g/mol. The SMILES string of the molecule is CC1(C#N)[C]2CC3CC(C2)CC1(O)C3.